The highest BCUT2D eigenvalue weighted by Gasteiger charge is 2.27. The SMILES string of the molecule is O=C1c2cc(CNc3cccc(F)c3)nn2CCN1c1ccc(F)cc1. The summed E-state index contributed by atoms with van der Waals surface area (Å²) in [6, 6.07) is 13.7. The number of aromatic nitrogens is 2. The molecule has 1 aromatic heterocycles. The van der Waals surface area contributed by atoms with E-state index in [0.29, 0.717) is 42.4 Å². The van der Waals surface area contributed by atoms with Crippen LogP contribution in [0.5, 0.6) is 0 Å². The second kappa shape index (κ2) is 6.59. The van der Waals surface area contributed by atoms with Crippen LogP contribution in [0.1, 0.15) is 16.2 Å². The molecule has 7 heteroatoms. The molecular weight excluding hydrogens is 338 g/mol. The van der Waals surface area contributed by atoms with Crippen molar-refractivity contribution in [2.75, 3.05) is 16.8 Å². The molecule has 26 heavy (non-hydrogen) atoms. The molecule has 0 atom stereocenters. The molecule has 4 rings (SSSR count). The van der Waals surface area contributed by atoms with Gasteiger partial charge in [0.15, 0.2) is 0 Å². The summed E-state index contributed by atoms with van der Waals surface area (Å²) in [6.45, 7) is 1.40. The standard InChI is InChI=1S/C19H16F2N4O/c20-13-4-6-17(7-5-13)24-8-9-25-18(19(24)26)11-16(23-25)12-22-15-3-1-2-14(21)10-15/h1-7,10-11,22H,8-9,12H2. The topological polar surface area (TPSA) is 50.2 Å². The van der Waals surface area contributed by atoms with Gasteiger partial charge in [0, 0.05) is 17.9 Å². The average Bonchev–Trinajstić information content (AvgIpc) is 3.06. The van der Waals surface area contributed by atoms with Crippen LogP contribution in [0, 0.1) is 11.6 Å². The lowest BCUT2D eigenvalue weighted by Crippen LogP contribution is -2.40. The van der Waals surface area contributed by atoms with Crippen LogP contribution in [0.4, 0.5) is 20.2 Å². The van der Waals surface area contributed by atoms with Gasteiger partial charge in [-0.05, 0) is 48.5 Å². The smallest absolute Gasteiger partial charge is 0.276 e. The summed E-state index contributed by atoms with van der Waals surface area (Å²) in [5, 5.41) is 7.53. The minimum atomic E-state index is -0.339. The number of nitrogens with one attached hydrogen (secondary N) is 1. The number of hydrogen-bond acceptors (Lipinski definition) is 3. The fourth-order valence-electron chi connectivity index (χ4n) is 2.99. The zero-order valence-electron chi connectivity index (χ0n) is 13.8. The zero-order chi connectivity index (χ0) is 18.1. The van der Waals surface area contributed by atoms with E-state index in [1.165, 1.54) is 24.3 Å². The first kappa shape index (κ1) is 16.3. The number of carbonyl (C=O) groups is 1. The van der Waals surface area contributed by atoms with Gasteiger partial charge < -0.3 is 10.2 Å². The molecule has 0 spiro atoms. The lowest BCUT2D eigenvalue weighted by Gasteiger charge is -2.27. The van der Waals surface area contributed by atoms with E-state index >= 15 is 0 Å². The maximum atomic E-state index is 13.2. The second-order valence-corrected chi connectivity index (χ2v) is 6.04. The average molecular weight is 354 g/mol. The Balaban J connectivity index is 1.51. The van der Waals surface area contributed by atoms with E-state index in [-0.39, 0.29) is 17.5 Å². The van der Waals surface area contributed by atoms with Crippen molar-refractivity contribution in [1.29, 1.82) is 0 Å². The third kappa shape index (κ3) is 3.15. The Morgan fingerprint density at radius 3 is 2.58 bits per heavy atom. The van der Waals surface area contributed by atoms with Gasteiger partial charge in [-0.2, -0.15) is 5.10 Å². The molecule has 3 aromatic rings. The van der Waals surface area contributed by atoms with Crippen molar-refractivity contribution in [3.05, 3.63) is 77.6 Å². The van der Waals surface area contributed by atoms with E-state index in [9.17, 15) is 13.6 Å². The maximum absolute atomic E-state index is 13.2. The summed E-state index contributed by atoms with van der Waals surface area (Å²) >= 11 is 0. The predicted octanol–water partition coefficient (Wildman–Crippen LogP) is 3.43. The van der Waals surface area contributed by atoms with E-state index in [4.69, 9.17) is 0 Å². The molecule has 0 bridgehead atoms. The van der Waals surface area contributed by atoms with Gasteiger partial charge in [-0.25, -0.2) is 8.78 Å². The molecule has 1 aliphatic heterocycles. The summed E-state index contributed by atoms with van der Waals surface area (Å²) < 4.78 is 28.0. The number of benzene rings is 2. The van der Waals surface area contributed by atoms with Gasteiger partial charge in [-0.3, -0.25) is 9.48 Å². The van der Waals surface area contributed by atoms with Crippen LogP contribution in [-0.4, -0.2) is 22.2 Å². The highest BCUT2D eigenvalue weighted by Crippen LogP contribution is 2.22. The van der Waals surface area contributed by atoms with E-state index in [1.54, 1.807) is 39.9 Å². The Bertz CT molecular complexity index is 952. The second-order valence-electron chi connectivity index (χ2n) is 6.04. The maximum Gasteiger partial charge on any atom is 0.276 e. The fourth-order valence-corrected chi connectivity index (χ4v) is 2.99. The van der Waals surface area contributed by atoms with E-state index in [0.717, 1.165) is 0 Å². The molecule has 0 saturated carbocycles. The van der Waals surface area contributed by atoms with Gasteiger partial charge in [-0.15, -0.1) is 0 Å². The molecule has 0 saturated heterocycles. The Morgan fingerprint density at radius 2 is 1.81 bits per heavy atom. The summed E-state index contributed by atoms with van der Waals surface area (Å²) in [7, 11) is 0. The quantitative estimate of drug-likeness (QED) is 0.781. The van der Waals surface area contributed by atoms with Crippen LogP contribution in [0.15, 0.2) is 54.6 Å². The number of halogens is 2. The number of carbonyl (C=O) groups excluding carboxylic acids is 1. The van der Waals surface area contributed by atoms with Gasteiger partial charge >= 0.3 is 0 Å². The predicted molar refractivity (Wildman–Crippen MR) is 94.0 cm³/mol. The molecule has 2 aromatic carbocycles. The molecule has 1 aliphatic rings. The van der Waals surface area contributed by atoms with Crippen LogP contribution in [0.2, 0.25) is 0 Å². The Kier molecular flexibility index (Phi) is 4.12. The highest BCUT2D eigenvalue weighted by molar-refractivity contribution is 6.05. The first-order valence-corrected chi connectivity index (χ1v) is 8.24. The third-order valence-corrected chi connectivity index (χ3v) is 4.27. The zero-order valence-corrected chi connectivity index (χ0v) is 13.8. The first-order chi connectivity index (χ1) is 12.6. The molecule has 5 nitrogen and oxygen atoms in total. The molecule has 1 N–H and O–H groups in total. The van der Waals surface area contributed by atoms with Gasteiger partial charge in [0.05, 0.1) is 18.8 Å². The van der Waals surface area contributed by atoms with Crippen molar-refractivity contribution in [2.45, 2.75) is 13.1 Å². The number of anilines is 2. The summed E-state index contributed by atoms with van der Waals surface area (Å²) in [4.78, 5) is 14.3. The van der Waals surface area contributed by atoms with E-state index in [2.05, 4.69) is 10.4 Å². The van der Waals surface area contributed by atoms with E-state index < -0.39 is 0 Å². The summed E-state index contributed by atoms with van der Waals surface area (Å²) in [6.07, 6.45) is 0. The number of amides is 1. The largest absolute Gasteiger partial charge is 0.379 e. The van der Waals surface area contributed by atoms with Gasteiger partial charge in [-0.1, -0.05) is 6.07 Å². The van der Waals surface area contributed by atoms with Crippen LogP contribution in [0.25, 0.3) is 0 Å². The van der Waals surface area contributed by atoms with Crippen molar-refractivity contribution in [1.82, 2.24) is 9.78 Å². The van der Waals surface area contributed by atoms with Crippen LogP contribution < -0.4 is 10.2 Å². The molecule has 1 amide bonds. The first-order valence-electron chi connectivity index (χ1n) is 8.24. The minimum Gasteiger partial charge on any atom is -0.379 e. The van der Waals surface area contributed by atoms with Crippen molar-refractivity contribution < 1.29 is 13.6 Å². The Hall–Kier alpha value is -3.22. The molecule has 132 valence electrons. The monoisotopic (exact) mass is 354 g/mol. The van der Waals surface area contributed by atoms with Crippen molar-refractivity contribution in [3.63, 3.8) is 0 Å². The summed E-state index contributed by atoms with van der Waals surface area (Å²) in [5.74, 6) is -0.828. The third-order valence-electron chi connectivity index (χ3n) is 4.27. The van der Waals surface area contributed by atoms with Gasteiger partial charge in [0.25, 0.3) is 5.91 Å². The Morgan fingerprint density at radius 1 is 1.00 bits per heavy atom. The number of fused-ring (bicyclic) bond motifs is 1. The lowest BCUT2D eigenvalue weighted by atomic mass is 10.2. The van der Waals surface area contributed by atoms with Crippen molar-refractivity contribution >= 4 is 17.3 Å². The molecule has 0 radical (unpaired) electrons. The van der Waals surface area contributed by atoms with Crippen LogP contribution >= 0.6 is 0 Å². The molecule has 2 heterocycles. The summed E-state index contributed by atoms with van der Waals surface area (Å²) in [5.41, 5.74) is 2.48. The van der Waals surface area contributed by atoms with Gasteiger partial charge in [0.2, 0.25) is 0 Å². The minimum absolute atomic E-state index is 0.174. The number of hydrogen-bond donors (Lipinski definition) is 1. The molecule has 0 aliphatic carbocycles. The molecular formula is C19H16F2N4O. The number of rotatable bonds is 4. The van der Waals surface area contributed by atoms with Crippen LogP contribution in [0.3, 0.4) is 0 Å². The van der Waals surface area contributed by atoms with Crippen molar-refractivity contribution in [3.8, 4) is 0 Å². The molecule has 0 unspecified atom stereocenters. The molecule has 0 fully saturated rings. The fraction of sp³-hybridized carbons (Fsp3) is 0.158. The normalized spacial score (nSPS) is 13.6. The van der Waals surface area contributed by atoms with E-state index in [1.807, 2.05) is 0 Å². The van der Waals surface area contributed by atoms with Gasteiger partial charge in [0.1, 0.15) is 17.3 Å². The van der Waals surface area contributed by atoms with Crippen LogP contribution in [-0.2, 0) is 13.1 Å². The van der Waals surface area contributed by atoms with Crippen molar-refractivity contribution in [2.24, 2.45) is 0 Å². The Labute approximate surface area is 148 Å². The highest BCUT2D eigenvalue weighted by atomic mass is 19.1. The number of nitrogens with zero attached hydrogens (tertiary/aromatic N) is 3. The lowest BCUT2D eigenvalue weighted by molar-refractivity contribution is 0.0962.